The molecule has 1 aromatic carbocycles. The molecule has 1 aromatic heterocycles. The number of ether oxygens (including phenoxy) is 1. The van der Waals surface area contributed by atoms with Crippen molar-refractivity contribution in [3.05, 3.63) is 23.5 Å². The SMILES string of the molecule is CCOC1CC(n2nnnc2-c2cc(N)cc(C)c2F)C1. The highest BCUT2D eigenvalue weighted by molar-refractivity contribution is 5.63. The maximum atomic E-state index is 14.3. The number of nitrogen functional groups attached to an aromatic ring is 1. The van der Waals surface area contributed by atoms with Gasteiger partial charge >= 0.3 is 0 Å². The molecule has 2 aromatic rings. The van der Waals surface area contributed by atoms with Crippen LogP contribution in [-0.2, 0) is 4.74 Å². The first kappa shape index (κ1) is 13.9. The zero-order valence-corrected chi connectivity index (χ0v) is 12.1. The van der Waals surface area contributed by atoms with E-state index in [-0.39, 0.29) is 18.0 Å². The van der Waals surface area contributed by atoms with Gasteiger partial charge in [0.1, 0.15) is 5.82 Å². The van der Waals surface area contributed by atoms with Crippen LogP contribution in [0.25, 0.3) is 11.4 Å². The maximum absolute atomic E-state index is 14.3. The molecule has 0 radical (unpaired) electrons. The van der Waals surface area contributed by atoms with Gasteiger partial charge in [-0.15, -0.1) is 5.10 Å². The number of aryl methyl sites for hydroxylation is 1. The molecule has 3 rings (SSSR count). The van der Waals surface area contributed by atoms with Crippen LogP contribution >= 0.6 is 0 Å². The van der Waals surface area contributed by atoms with Gasteiger partial charge in [0.2, 0.25) is 0 Å². The van der Waals surface area contributed by atoms with Crippen LogP contribution in [0.4, 0.5) is 10.1 Å². The minimum absolute atomic E-state index is 0.146. The lowest BCUT2D eigenvalue weighted by atomic mass is 9.89. The van der Waals surface area contributed by atoms with E-state index in [0.29, 0.717) is 29.2 Å². The molecule has 1 aliphatic rings. The molecule has 1 heterocycles. The van der Waals surface area contributed by atoms with Gasteiger partial charge in [0, 0.05) is 12.3 Å². The maximum Gasteiger partial charge on any atom is 0.185 e. The number of rotatable bonds is 4. The third-order valence-electron chi connectivity index (χ3n) is 3.83. The molecule has 0 atom stereocenters. The van der Waals surface area contributed by atoms with E-state index in [1.54, 1.807) is 23.7 Å². The molecule has 0 amide bonds. The second kappa shape index (κ2) is 5.40. The topological polar surface area (TPSA) is 78.8 Å². The summed E-state index contributed by atoms with van der Waals surface area (Å²) >= 11 is 0. The molecule has 112 valence electrons. The summed E-state index contributed by atoms with van der Waals surface area (Å²) in [5.74, 6) is 0.0868. The molecule has 1 fully saturated rings. The lowest BCUT2D eigenvalue weighted by Crippen LogP contribution is -2.34. The Morgan fingerprint density at radius 2 is 2.19 bits per heavy atom. The van der Waals surface area contributed by atoms with Gasteiger partial charge in [-0.1, -0.05) is 0 Å². The monoisotopic (exact) mass is 291 g/mol. The summed E-state index contributed by atoms with van der Waals surface area (Å²) in [7, 11) is 0. The first-order chi connectivity index (χ1) is 10.1. The van der Waals surface area contributed by atoms with E-state index in [9.17, 15) is 4.39 Å². The standard InChI is InChI=1S/C14H18FN5O/c1-3-21-11-6-10(7-11)20-14(17-18-19-20)12-5-9(16)4-8(2)13(12)15/h4-5,10-11H,3,6-7,16H2,1-2H3. The molecule has 1 saturated carbocycles. The zero-order valence-electron chi connectivity index (χ0n) is 12.1. The van der Waals surface area contributed by atoms with Crippen LogP contribution in [0.5, 0.6) is 0 Å². The van der Waals surface area contributed by atoms with Crippen LogP contribution < -0.4 is 5.73 Å². The Morgan fingerprint density at radius 1 is 1.43 bits per heavy atom. The van der Waals surface area contributed by atoms with Gasteiger partial charge in [0.15, 0.2) is 5.82 Å². The third kappa shape index (κ3) is 2.49. The predicted molar refractivity (Wildman–Crippen MR) is 76.0 cm³/mol. The second-order valence-electron chi connectivity index (χ2n) is 5.35. The Labute approximate surface area is 122 Å². The summed E-state index contributed by atoms with van der Waals surface area (Å²) in [5, 5.41) is 11.7. The zero-order chi connectivity index (χ0) is 15.0. The van der Waals surface area contributed by atoms with Crippen molar-refractivity contribution < 1.29 is 9.13 Å². The van der Waals surface area contributed by atoms with Gasteiger partial charge in [-0.2, -0.15) is 0 Å². The average Bonchev–Trinajstić information content (AvgIpc) is 2.86. The van der Waals surface area contributed by atoms with Crippen molar-refractivity contribution >= 4 is 5.69 Å². The molecule has 1 aliphatic carbocycles. The number of hydrogen-bond acceptors (Lipinski definition) is 5. The molecule has 0 aliphatic heterocycles. The number of tetrazole rings is 1. The van der Waals surface area contributed by atoms with Crippen LogP contribution in [0.15, 0.2) is 12.1 Å². The summed E-state index contributed by atoms with van der Waals surface area (Å²) in [6.07, 6.45) is 1.92. The fourth-order valence-electron chi connectivity index (χ4n) is 2.69. The number of halogens is 1. The van der Waals surface area contributed by atoms with Crippen LogP contribution in [-0.4, -0.2) is 32.9 Å². The van der Waals surface area contributed by atoms with Crippen LogP contribution in [0.3, 0.4) is 0 Å². The van der Waals surface area contributed by atoms with Crippen molar-refractivity contribution in [3.63, 3.8) is 0 Å². The van der Waals surface area contributed by atoms with E-state index in [4.69, 9.17) is 10.5 Å². The lowest BCUT2D eigenvalue weighted by molar-refractivity contribution is -0.0227. The van der Waals surface area contributed by atoms with E-state index in [2.05, 4.69) is 15.5 Å². The highest BCUT2D eigenvalue weighted by Crippen LogP contribution is 2.37. The van der Waals surface area contributed by atoms with E-state index >= 15 is 0 Å². The number of benzene rings is 1. The number of hydrogen-bond donors (Lipinski definition) is 1. The molecule has 6 nitrogen and oxygen atoms in total. The molecule has 0 unspecified atom stereocenters. The summed E-state index contributed by atoms with van der Waals surface area (Å²) in [5.41, 5.74) is 7.13. The van der Waals surface area contributed by atoms with Crippen LogP contribution in [0.2, 0.25) is 0 Å². The Balaban J connectivity index is 1.90. The molecule has 21 heavy (non-hydrogen) atoms. The highest BCUT2D eigenvalue weighted by Gasteiger charge is 2.34. The smallest absolute Gasteiger partial charge is 0.185 e. The normalized spacial score (nSPS) is 21.3. The molecular weight excluding hydrogens is 273 g/mol. The van der Waals surface area contributed by atoms with Crippen molar-refractivity contribution in [1.82, 2.24) is 20.2 Å². The summed E-state index contributed by atoms with van der Waals surface area (Å²) in [6, 6.07) is 3.32. The van der Waals surface area contributed by atoms with E-state index in [1.807, 2.05) is 6.92 Å². The Kier molecular flexibility index (Phi) is 3.59. The van der Waals surface area contributed by atoms with Crippen LogP contribution in [0.1, 0.15) is 31.4 Å². The quantitative estimate of drug-likeness (QED) is 0.873. The van der Waals surface area contributed by atoms with E-state index < -0.39 is 0 Å². The summed E-state index contributed by atoms with van der Waals surface area (Å²) in [4.78, 5) is 0. The fourth-order valence-corrected chi connectivity index (χ4v) is 2.69. The minimum atomic E-state index is -0.332. The molecule has 7 heteroatoms. The van der Waals surface area contributed by atoms with Gasteiger partial charge < -0.3 is 10.5 Å². The Bertz CT molecular complexity index is 651. The number of anilines is 1. The van der Waals surface area contributed by atoms with E-state index in [1.165, 1.54) is 0 Å². The average molecular weight is 291 g/mol. The van der Waals surface area contributed by atoms with Crippen molar-refractivity contribution in [2.75, 3.05) is 12.3 Å². The summed E-state index contributed by atoms with van der Waals surface area (Å²) < 4.78 is 21.5. The second-order valence-corrected chi connectivity index (χ2v) is 5.35. The minimum Gasteiger partial charge on any atom is -0.399 e. The van der Waals surface area contributed by atoms with E-state index in [0.717, 1.165) is 12.8 Å². The molecule has 0 bridgehead atoms. The largest absolute Gasteiger partial charge is 0.399 e. The van der Waals surface area contributed by atoms with Crippen molar-refractivity contribution in [3.8, 4) is 11.4 Å². The predicted octanol–water partition coefficient (Wildman–Crippen LogP) is 2.11. The molecule has 2 N–H and O–H groups in total. The van der Waals surface area contributed by atoms with Crippen LogP contribution in [0, 0.1) is 12.7 Å². The molecular formula is C14H18FN5O. The number of nitrogens with zero attached hydrogens (tertiary/aromatic N) is 4. The Morgan fingerprint density at radius 3 is 2.90 bits per heavy atom. The van der Waals surface area contributed by atoms with Gasteiger partial charge in [0.25, 0.3) is 0 Å². The number of aromatic nitrogens is 4. The molecule has 0 spiro atoms. The van der Waals surface area contributed by atoms with Gasteiger partial charge in [-0.25, -0.2) is 9.07 Å². The highest BCUT2D eigenvalue weighted by atomic mass is 19.1. The molecule has 0 saturated heterocycles. The third-order valence-corrected chi connectivity index (χ3v) is 3.83. The van der Waals surface area contributed by atoms with Gasteiger partial charge in [-0.3, -0.25) is 0 Å². The van der Waals surface area contributed by atoms with Gasteiger partial charge in [-0.05, 0) is 54.8 Å². The Hall–Kier alpha value is -2.02. The fraction of sp³-hybridized carbons (Fsp3) is 0.500. The lowest BCUT2D eigenvalue weighted by Gasteiger charge is -2.34. The van der Waals surface area contributed by atoms with Gasteiger partial charge in [0.05, 0.1) is 17.7 Å². The summed E-state index contributed by atoms with van der Waals surface area (Å²) in [6.45, 7) is 4.35. The van der Waals surface area contributed by atoms with Crippen molar-refractivity contribution in [2.24, 2.45) is 0 Å². The first-order valence-corrected chi connectivity index (χ1v) is 7.05. The van der Waals surface area contributed by atoms with Crippen molar-refractivity contribution in [1.29, 1.82) is 0 Å². The first-order valence-electron chi connectivity index (χ1n) is 7.05. The van der Waals surface area contributed by atoms with Crippen molar-refractivity contribution in [2.45, 2.75) is 38.8 Å². The number of nitrogens with two attached hydrogens (primary N) is 1.